The molecule has 0 saturated carbocycles. The van der Waals surface area contributed by atoms with E-state index in [0.29, 0.717) is 11.3 Å². The predicted octanol–water partition coefficient (Wildman–Crippen LogP) is 2.51. The molecule has 0 aliphatic heterocycles. The number of hydrogen-bond acceptors (Lipinski definition) is 4. The van der Waals surface area contributed by atoms with Gasteiger partial charge in [0.1, 0.15) is 5.69 Å². The minimum atomic E-state index is 0.588. The van der Waals surface area contributed by atoms with Gasteiger partial charge < -0.3 is 0 Å². The number of carbonyl (C=O) groups is 1. The van der Waals surface area contributed by atoms with E-state index in [1.165, 1.54) is 0 Å². The molecule has 3 rings (SSSR count). The SMILES string of the molecule is Cn1cc(C=O)c(-c2cnc3ccsc3c2)n1. The molecule has 84 valence electrons. The second kappa shape index (κ2) is 3.78. The van der Waals surface area contributed by atoms with Gasteiger partial charge in [-0.05, 0) is 17.5 Å². The van der Waals surface area contributed by atoms with E-state index in [0.717, 1.165) is 22.1 Å². The van der Waals surface area contributed by atoms with Crippen molar-refractivity contribution in [1.82, 2.24) is 14.8 Å². The van der Waals surface area contributed by atoms with Gasteiger partial charge in [0, 0.05) is 25.0 Å². The molecule has 0 radical (unpaired) electrons. The van der Waals surface area contributed by atoms with Gasteiger partial charge in [0.2, 0.25) is 0 Å². The molecule has 3 heterocycles. The Bertz CT molecular complexity index is 699. The van der Waals surface area contributed by atoms with E-state index in [1.807, 2.05) is 17.5 Å². The zero-order valence-electron chi connectivity index (χ0n) is 9.12. The highest BCUT2D eigenvalue weighted by Gasteiger charge is 2.10. The van der Waals surface area contributed by atoms with Crippen molar-refractivity contribution in [2.75, 3.05) is 0 Å². The topological polar surface area (TPSA) is 47.8 Å². The fraction of sp³-hybridized carbons (Fsp3) is 0.0833. The zero-order chi connectivity index (χ0) is 11.8. The predicted molar refractivity (Wildman–Crippen MR) is 67.2 cm³/mol. The second-order valence-electron chi connectivity index (χ2n) is 3.75. The monoisotopic (exact) mass is 243 g/mol. The number of thiophene rings is 1. The maximum absolute atomic E-state index is 11.0. The molecule has 0 amide bonds. The van der Waals surface area contributed by atoms with Crippen LogP contribution >= 0.6 is 11.3 Å². The third kappa shape index (κ3) is 1.64. The molecule has 0 aromatic carbocycles. The van der Waals surface area contributed by atoms with Gasteiger partial charge in [-0.3, -0.25) is 14.5 Å². The number of aldehydes is 1. The molecule has 3 aromatic rings. The average Bonchev–Trinajstić information content (AvgIpc) is 2.93. The Hall–Kier alpha value is -2.01. The number of nitrogens with zero attached hydrogens (tertiary/aromatic N) is 3. The minimum absolute atomic E-state index is 0.588. The summed E-state index contributed by atoms with van der Waals surface area (Å²) in [4.78, 5) is 15.3. The Labute approximate surface area is 102 Å². The largest absolute Gasteiger partial charge is 0.298 e. The summed E-state index contributed by atoms with van der Waals surface area (Å²) in [5, 5.41) is 6.29. The Balaban J connectivity index is 2.22. The van der Waals surface area contributed by atoms with Crippen LogP contribution < -0.4 is 0 Å². The second-order valence-corrected chi connectivity index (χ2v) is 4.70. The van der Waals surface area contributed by atoms with Crippen molar-refractivity contribution < 1.29 is 4.79 Å². The van der Waals surface area contributed by atoms with Gasteiger partial charge in [0.25, 0.3) is 0 Å². The molecule has 4 nitrogen and oxygen atoms in total. The molecule has 0 aliphatic rings. The lowest BCUT2D eigenvalue weighted by Crippen LogP contribution is -1.88. The van der Waals surface area contributed by atoms with Gasteiger partial charge >= 0.3 is 0 Å². The summed E-state index contributed by atoms with van der Waals surface area (Å²) in [7, 11) is 1.80. The van der Waals surface area contributed by atoms with Crippen LogP contribution in [-0.4, -0.2) is 21.1 Å². The first kappa shape index (κ1) is 10.2. The summed E-state index contributed by atoms with van der Waals surface area (Å²) in [5.74, 6) is 0. The van der Waals surface area contributed by atoms with E-state index >= 15 is 0 Å². The van der Waals surface area contributed by atoms with Crippen molar-refractivity contribution in [3.8, 4) is 11.3 Å². The first-order chi connectivity index (χ1) is 8.28. The molecule has 17 heavy (non-hydrogen) atoms. The highest BCUT2D eigenvalue weighted by Crippen LogP contribution is 2.26. The molecule has 0 spiro atoms. The lowest BCUT2D eigenvalue weighted by Gasteiger charge is -1.97. The molecular formula is C12H9N3OS. The van der Waals surface area contributed by atoms with E-state index in [9.17, 15) is 4.79 Å². The molecule has 0 saturated heterocycles. The van der Waals surface area contributed by atoms with E-state index < -0.39 is 0 Å². The molecule has 3 aromatic heterocycles. The van der Waals surface area contributed by atoms with Crippen molar-refractivity contribution in [3.05, 3.63) is 35.5 Å². The van der Waals surface area contributed by atoms with E-state index in [4.69, 9.17) is 0 Å². The number of aromatic nitrogens is 3. The van der Waals surface area contributed by atoms with Crippen LogP contribution in [0.1, 0.15) is 10.4 Å². The van der Waals surface area contributed by atoms with Crippen LogP contribution in [-0.2, 0) is 7.05 Å². The fourth-order valence-electron chi connectivity index (χ4n) is 1.79. The van der Waals surface area contributed by atoms with Gasteiger partial charge in [0.05, 0.1) is 15.8 Å². The summed E-state index contributed by atoms with van der Waals surface area (Å²) in [6, 6.07) is 3.99. The van der Waals surface area contributed by atoms with Crippen LogP contribution in [0, 0.1) is 0 Å². The minimum Gasteiger partial charge on any atom is -0.298 e. The van der Waals surface area contributed by atoms with Gasteiger partial charge in [-0.25, -0.2) is 0 Å². The van der Waals surface area contributed by atoms with E-state index in [1.54, 1.807) is 35.5 Å². The van der Waals surface area contributed by atoms with Crippen molar-refractivity contribution in [2.45, 2.75) is 0 Å². The highest BCUT2D eigenvalue weighted by atomic mass is 32.1. The fourth-order valence-corrected chi connectivity index (χ4v) is 2.57. The molecule has 0 bridgehead atoms. The van der Waals surface area contributed by atoms with Crippen LogP contribution in [0.4, 0.5) is 0 Å². The Morgan fingerprint density at radius 1 is 1.47 bits per heavy atom. The number of aryl methyl sites for hydroxylation is 1. The van der Waals surface area contributed by atoms with Crippen LogP contribution in [0.25, 0.3) is 21.5 Å². The van der Waals surface area contributed by atoms with Gasteiger partial charge in [-0.1, -0.05) is 0 Å². The van der Waals surface area contributed by atoms with Crippen molar-refractivity contribution >= 4 is 27.8 Å². The Morgan fingerprint density at radius 3 is 3.18 bits per heavy atom. The van der Waals surface area contributed by atoms with Crippen molar-refractivity contribution in [1.29, 1.82) is 0 Å². The number of hydrogen-bond donors (Lipinski definition) is 0. The highest BCUT2D eigenvalue weighted by molar-refractivity contribution is 7.17. The lowest BCUT2D eigenvalue weighted by atomic mass is 10.1. The van der Waals surface area contributed by atoms with Gasteiger partial charge in [0.15, 0.2) is 6.29 Å². The molecule has 0 fully saturated rings. The molecular weight excluding hydrogens is 234 g/mol. The van der Waals surface area contributed by atoms with Crippen LogP contribution in [0.15, 0.2) is 29.9 Å². The maximum Gasteiger partial charge on any atom is 0.153 e. The molecule has 0 atom stereocenters. The van der Waals surface area contributed by atoms with Crippen LogP contribution in [0.5, 0.6) is 0 Å². The maximum atomic E-state index is 11.0. The first-order valence-electron chi connectivity index (χ1n) is 5.10. The normalized spacial score (nSPS) is 10.9. The summed E-state index contributed by atoms with van der Waals surface area (Å²) < 4.78 is 2.74. The average molecular weight is 243 g/mol. The molecule has 0 N–H and O–H groups in total. The molecule has 0 unspecified atom stereocenters. The summed E-state index contributed by atoms with van der Waals surface area (Å²) in [6.45, 7) is 0. The molecule has 5 heteroatoms. The first-order valence-corrected chi connectivity index (χ1v) is 5.98. The third-order valence-corrected chi connectivity index (χ3v) is 3.41. The standard InChI is InChI=1S/C12H9N3OS/c1-15-6-9(7-16)12(14-15)8-4-11-10(13-5-8)2-3-17-11/h2-7H,1H3. The zero-order valence-corrected chi connectivity index (χ0v) is 9.94. The van der Waals surface area contributed by atoms with Crippen LogP contribution in [0.2, 0.25) is 0 Å². The number of fused-ring (bicyclic) bond motifs is 1. The van der Waals surface area contributed by atoms with Crippen molar-refractivity contribution in [2.24, 2.45) is 7.05 Å². The van der Waals surface area contributed by atoms with Gasteiger partial charge in [-0.2, -0.15) is 5.10 Å². The van der Waals surface area contributed by atoms with E-state index in [-0.39, 0.29) is 0 Å². The smallest absolute Gasteiger partial charge is 0.153 e. The summed E-state index contributed by atoms with van der Waals surface area (Å²) in [5.41, 5.74) is 3.13. The van der Waals surface area contributed by atoms with E-state index in [2.05, 4.69) is 10.1 Å². The number of carbonyl (C=O) groups excluding carboxylic acids is 1. The quantitative estimate of drug-likeness (QED) is 0.650. The Kier molecular flexibility index (Phi) is 2.26. The summed E-state index contributed by atoms with van der Waals surface area (Å²) in [6.07, 6.45) is 4.28. The lowest BCUT2D eigenvalue weighted by molar-refractivity contribution is 0.112. The molecule has 0 aliphatic carbocycles. The third-order valence-electron chi connectivity index (χ3n) is 2.56. The Morgan fingerprint density at radius 2 is 2.35 bits per heavy atom. The van der Waals surface area contributed by atoms with Crippen LogP contribution in [0.3, 0.4) is 0 Å². The van der Waals surface area contributed by atoms with Crippen molar-refractivity contribution in [3.63, 3.8) is 0 Å². The van der Waals surface area contributed by atoms with Gasteiger partial charge in [-0.15, -0.1) is 11.3 Å². The summed E-state index contributed by atoms with van der Waals surface area (Å²) >= 11 is 1.63. The number of pyridine rings is 1. The number of rotatable bonds is 2.